The van der Waals surface area contributed by atoms with Crippen molar-refractivity contribution in [1.29, 1.82) is 0 Å². The summed E-state index contributed by atoms with van der Waals surface area (Å²) in [6.45, 7) is 5.75. The molecule has 0 radical (unpaired) electrons. The maximum absolute atomic E-state index is 11.6. The fourth-order valence-electron chi connectivity index (χ4n) is 3.17. The van der Waals surface area contributed by atoms with Crippen LogP contribution in [-0.2, 0) is 11.3 Å². The molecule has 0 saturated carbocycles. The van der Waals surface area contributed by atoms with Crippen molar-refractivity contribution in [3.63, 3.8) is 0 Å². The summed E-state index contributed by atoms with van der Waals surface area (Å²) in [6.07, 6.45) is 0. The Morgan fingerprint density at radius 3 is 2.40 bits per heavy atom. The van der Waals surface area contributed by atoms with E-state index in [4.69, 9.17) is 4.74 Å². The first-order valence-electron chi connectivity index (χ1n) is 8.19. The van der Waals surface area contributed by atoms with Crippen LogP contribution < -0.4 is 4.74 Å². The normalized spacial score (nSPS) is 11.2. The van der Waals surface area contributed by atoms with Crippen LogP contribution in [0.15, 0.2) is 42.5 Å². The van der Waals surface area contributed by atoms with Crippen LogP contribution in [0, 0.1) is 0 Å². The number of aromatic hydroxyl groups is 2. The highest BCUT2D eigenvalue weighted by Crippen LogP contribution is 2.42. The number of fused-ring (bicyclic) bond motifs is 1. The Hall–Kier alpha value is -2.95. The van der Waals surface area contributed by atoms with E-state index in [0.717, 1.165) is 16.8 Å². The van der Waals surface area contributed by atoms with Crippen molar-refractivity contribution in [1.82, 2.24) is 4.57 Å². The average Bonchev–Trinajstić information content (AvgIpc) is 2.84. The van der Waals surface area contributed by atoms with Crippen molar-refractivity contribution >= 4 is 16.9 Å². The third kappa shape index (κ3) is 3.05. The molecule has 130 valence electrons. The van der Waals surface area contributed by atoms with Gasteiger partial charge < -0.3 is 19.5 Å². The number of hydrogen-bond acceptors (Lipinski definition) is 4. The summed E-state index contributed by atoms with van der Waals surface area (Å²) in [5, 5.41) is 21.0. The van der Waals surface area contributed by atoms with Gasteiger partial charge in [0.05, 0.1) is 23.1 Å². The molecule has 2 aromatic carbocycles. The second-order valence-electron chi connectivity index (χ2n) is 6.35. The van der Waals surface area contributed by atoms with E-state index < -0.39 is 5.97 Å². The minimum absolute atomic E-state index is 0.0482. The van der Waals surface area contributed by atoms with Gasteiger partial charge in [0.2, 0.25) is 0 Å². The summed E-state index contributed by atoms with van der Waals surface area (Å²) in [6, 6.07) is 12.3. The van der Waals surface area contributed by atoms with Crippen LogP contribution in [0.25, 0.3) is 10.9 Å². The summed E-state index contributed by atoms with van der Waals surface area (Å²) in [5.41, 5.74) is 2.30. The van der Waals surface area contributed by atoms with Crippen LogP contribution in [0.4, 0.5) is 0 Å². The van der Waals surface area contributed by atoms with Crippen LogP contribution in [0.3, 0.4) is 0 Å². The highest BCUT2D eigenvalue weighted by molar-refractivity contribution is 5.95. The minimum atomic E-state index is -0.438. The lowest BCUT2D eigenvalue weighted by Crippen LogP contribution is -2.09. The van der Waals surface area contributed by atoms with Crippen LogP contribution in [-0.4, -0.2) is 20.7 Å². The molecule has 0 amide bonds. The molecule has 3 aromatic rings. The number of hydrogen-bond donors (Lipinski definition) is 2. The molecular weight excluding hydrogens is 318 g/mol. The highest BCUT2D eigenvalue weighted by atomic mass is 16.5. The fourth-order valence-corrected chi connectivity index (χ4v) is 3.17. The number of aromatic nitrogens is 1. The second-order valence-corrected chi connectivity index (χ2v) is 6.35. The van der Waals surface area contributed by atoms with Crippen LogP contribution >= 0.6 is 0 Å². The van der Waals surface area contributed by atoms with E-state index in [1.165, 1.54) is 6.92 Å². The van der Waals surface area contributed by atoms with E-state index >= 15 is 0 Å². The van der Waals surface area contributed by atoms with Crippen molar-refractivity contribution in [2.75, 3.05) is 0 Å². The van der Waals surface area contributed by atoms with E-state index in [1.807, 2.05) is 36.6 Å². The molecule has 0 saturated heterocycles. The molecule has 5 heteroatoms. The van der Waals surface area contributed by atoms with Crippen molar-refractivity contribution < 1.29 is 19.7 Å². The zero-order valence-corrected chi connectivity index (χ0v) is 14.5. The summed E-state index contributed by atoms with van der Waals surface area (Å²) in [7, 11) is 0. The van der Waals surface area contributed by atoms with E-state index in [0.29, 0.717) is 17.7 Å². The van der Waals surface area contributed by atoms with Crippen LogP contribution in [0.1, 0.15) is 37.9 Å². The van der Waals surface area contributed by atoms with Crippen molar-refractivity contribution in [2.45, 2.75) is 33.2 Å². The Morgan fingerprint density at radius 1 is 1.08 bits per heavy atom. The van der Waals surface area contributed by atoms with Gasteiger partial charge in [0.15, 0.2) is 5.75 Å². The second kappa shape index (κ2) is 6.51. The Morgan fingerprint density at radius 2 is 1.76 bits per heavy atom. The van der Waals surface area contributed by atoms with Gasteiger partial charge in [-0.1, -0.05) is 38.1 Å². The lowest BCUT2D eigenvalue weighted by Gasteiger charge is -2.15. The molecule has 0 aliphatic carbocycles. The molecule has 1 aromatic heterocycles. The van der Waals surface area contributed by atoms with Gasteiger partial charge in [-0.3, -0.25) is 4.79 Å². The number of esters is 1. The van der Waals surface area contributed by atoms with Crippen LogP contribution in [0.2, 0.25) is 0 Å². The quantitative estimate of drug-likeness (QED) is 0.701. The number of phenols is 2. The van der Waals surface area contributed by atoms with Gasteiger partial charge in [-0.15, -0.1) is 0 Å². The number of benzene rings is 2. The molecule has 0 aliphatic heterocycles. The zero-order chi connectivity index (χ0) is 18.1. The Balaban J connectivity index is 2.30. The van der Waals surface area contributed by atoms with Gasteiger partial charge in [0, 0.05) is 12.5 Å². The van der Waals surface area contributed by atoms with E-state index in [2.05, 4.69) is 0 Å². The summed E-state index contributed by atoms with van der Waals surface area (Å²) >= 11 is 0. The lowest BCUT2D eigenvalue weighted by molar-refractivity contribution is -0.131. The zero-order valence-electron chi connectivity index (χ0n) is 14.5. The molecule has 3 rings (SSSR count). The fraction of sp³-hybridized carbons (Fsp3) is 0.250. The van der Waals surface area contributed by atoms with Crippen molar-refractivity contribution in [2.24, 2.45) is 0 Å². The first kappa shape index (κ1) is 16.9. The number of ether oxygens (including phenoxy) is 1. The SMILES string of the molecule is CC(=O)Oc1c(C(C)C)n(Cc2ccccc2O)c2cccc(O)c12. The third-order valence-corrected chi connectivity index (χ3v) is 4.17. The molecule has 0 fully saturated rings. The maximum Gasteiger partial charge on any atom is 0.308 e. The van der Waals surface area contributed by atoms with Crippen molar-refractivity contribution in [3.8, 4) is 17.2 Å². The first-order valence-corrected chi connectivity index (χ1v) is 8.19. The van der Waals surface area contributed by atoms with Gasteiger partial charge in [0.1, 0.15) is 11.5 Å². The molecule has 0 spiro atoms. The average molecular weight is 339 g/mol. The van der Waals surface area contributed by atoms with Crippen LogP contribution in [0.5, 0.6) is 17.2 Å². The Bertz CT molecular complexity index is 940. The number of carbonyl (C=O) groups is 1. The monoisotopic (exact) mass is 339 g/mol. The molecule has 0 aliphatic rings. The smallest absolute Gasteiger partial charge is 0.308 e. The standard InChI is InChI=1S/C20H21NO4/c1-12(2)19-20(25-13(3)22)18-15(8-6-10-17(18)24)21(19)11-14-7-4-5-9-16(14)23/h4-10,12,23-24H,11H2,1-3H3. The third-order valence-electron chi connectivity index (χ3n) is 4.17. The van der Waals surface area contributed by atoms with E-state index in [1.54, 1.807) is 24.3 Å². The molecule has 1 heterocycles. The number of para-hydroxylation sites is 1. The number of nitrogens with zero attached hydrogens (tertiary/aromatic N) is 1. The molecule has 2 N–H and O–H groups in total. The maximum atomic E-state index is 11.6. The largest absolute Gasteiger partial charge is 0.508 e. The summed E-state index contributed by atoms with van der Waals surface area (Å²) in [4.78, 5) is 11.6. The predicted molar refractivity (Wildman–Crippen MR) is 96.2 cm³/mol. The summed E-state index contributed by atoms with van der Waals surface area (Å²) in [5.74, 6) is 0.254. The number of carbonyl (C=O) groups excluding carboxylic acids is 1. The molecule has 0 unspecified atom stereocenters. The first-order chi connectivity index (χ1) is 11.9. The molecule has 0 atom stereocenters. The van der Waals surface area contributed by atoms with Gasteiger partial charge in [-0.2, -0.15) is 0 Å². The minimum Gasteiger partial charge on any atom is -0.508 e. The number of rotatable bonds is 4. The molecule has 5 nitrogen and oxygen atoms in total. The van der Waals surface area contributed by atoms with Gasteiger partial charge in [-0.05, 0) is 24.1 Å². The highest BCUT2D eigenvalue weighted by Gasteiger charge is 2.24. The van der Waals surface area contributed by atoms with Gasteiger partial charge >= 0.3 is 5.97 Å². The Labute approximate surface area is 146 Å². The lowest BCUT2D eigenvalue weighted by atomic mass is 10.1. The van der Waals surface area contributed by atoms with Crippen molar-refractivity contribution in [3.05, 3.63) is 53.7 Å². The predicted octanol–water partition coefficient (Wildman–Crippen LogP) is 4.15. The van der Waals surface area contributed by atoms with Gasteiger partial charge in [-0.25, -0.2) is 0 Å². The van der Waals surface area contributed by atoms with Gasteiger partial charge in [0.25, 0.3) is 0 Å². The summed E-state index contributed by atoms with van der Waals surface area (Å²) < 4.78 is 7.45. The van der Waals surface area contributed by atoms with E-state index in [-0.39, 0.29) is 17.4 Å². The number of phenolic OH excluding ortho intramolecular Hbond substituents is 2. The molecule has 25 heavy (non-hydrogen) atoms. The molecule has 0 bridgehead atoms. The Kier molecular flexibility index (Phi) is 4.40. The topological polar surface area (TPSA) is 71.7 Å². The molecular formula is C20H21NO4. The van der Waals surface area contributed by atoms with E-state index in [9.17, 15) is 15.0 Å².